The SMILES string of the molecule is O=[C]NCCCCC(=O)O. The van der Waals surface area contributed by atoms with E-state index in [2.05, 4.69) is 5.32 Å². The molecule has 0 fully saturated rings. The Morgan fingerprint density at radius 1 is 1.50 bits per heavy atom. The van der Waals surface area contributed by atoms with E-state index >= 15 is 0 Å². The fourth-order valence-corrected chi connectivity index (χ4v) is 0.541. The normalized spacial score (nSPS) is 8.80. The largest absolute Gasteiger partial charge is 0.481 e. The molecule has 0 aromatic rings. The van der Waals surface area contributed by atoms with Crippen molar-refractivity contribution in [3.63, 3.8) is 0 Å². The van der Waals surface area contributed by atoms with E-state index in [4.69, 9.17) is 5.11 Å². The summed E-state index contributed by atoms with van der Waals surface area (Å²) in [5, 5.41) is 10.5. The van der Waals surface area contributed by atoms with Crippen LogP contribution in [0.3, 0.4) is 0 Å². The number of hydrogen-bond donors (Lipinski definition) is 2. The molecule has 4 nitrogen and oxygen atoms in total. The van der Waals surface area contributed by atoms with Crippen LogP contribution < -0.4 is 5.32 Å². The van der Waals surface area contributed by atoms with Gasteiger partial charge >= 0.3 is 12.4 Å². The fourth-order valence-electron chi connectivity index (χ4n) is 0.541. The molecular weight excluding hydrogens is 134 g/mol. The highest BCUT2D eigenvalue weighted by atomic mass is 16.4. The lowest BCUT2D eigenvalue weighted by Crippen LogP contribution is -2.12. The number of amides is 1. The molecule has 0 bridgehead atoms. The van der Waals surface area contributed by atoms with Crippen LogP contribution in [0.15, 0.2) is 0 Å². The van der Waals surface area contributed by atoms with Crippen LogP contribution in [0.2, 0.25) is 0 Å². The van der Waals surface area contributed by atoms with Gasteiger partial charge in [-0.05, 0) is 12.8 Å². The molecule has 0 aliphatic carbocycles. The molecule has 4 heteroatoms. The Labute approximate surface area is 59.2 Å². The number of carboxylic acid groups (broad SMARTS) is 1. The van der Waals surface area contributed by atoms with Crippen LogP contribution in [0.1, 0.15) is 19.3 Å². The molecule has 0 saturated carbocycles. The van der Waals surface area contributed by atoms with E-state index in [0.717, 1.165) is 0 Å². The fraction of sp³-hybridized carbons (Fsp3) is 0.667. The number of aliphatic carboxylic acids is 1. The Morgan fingerprint density at radius 2 is 2.20 bits per heavy atom. The lowest BCUT2D eigenvalue weighted by atomic mass is 10.2. The van der Waals surface area contributed by atoms with E-state index in [1.165, 1.54) is 6.41 Å². The van der Waals surface area contributed by atoms with Crippen molar-refractivity contribution in [2.45, 2.75) is 19.3 Å². The average Bonchev–Trinajstić information content (AvgIpc) is 1.87. The van der Waals surface area contributed by atoms with Gasteiger partial charge in [-0.1, -0.05) is 0 Å². The maximum atomic E-state index is 9.93. The third-order valence-corrected chi connectivity index (χ3v) is 1.01. The minimum atomic E-state index is -0.796. The summed E-state index contributed by atoms with van der Waals surface area (Å²) in [6.45, 7) is 0.511. The number of rotatable bonds is 6. The molecule has 1 radical (unpaired) electrons. The molecule has 0 unspecified atom stereocenters. The first-order chi connectivity index (χ1) is 4.77. The standard InChI is InChI=1S/C6H10NO3/c8-5-7-4-2-1-3-6(9)10/h1-4H2,(H,7,8)(H,9,10). The Kier molecular flexibility index (Phi) is 5.42. The quantitative estimate of drug-likeness (QED) is 0.404. The predicted octanol–water partition coefficient (Wildman–Crippen LogP) is -0.102. The van der Waals surface area contributed by atoms with Crippen LogP contribution in [0.5, 0.6) is 0 Å². The van der Waals surface area contributed by atoms with E-state index in [1.54, 1.807) is 0 Å². The summed E-state index contributed by atoms with van der Waals surface area (Å²) in [6, 6.07) is 0. The highest BCUT2D eigenvalue weighted by Gasteiger charge is 1.94. The molecular formula is C6H10NO3. The summed E-state index contributed by atoms with van der Waals surface area (Å²) < 4.78 is 0. The lowest BCUT2D eigenvalue weighted by molar-refractivity contribution is -0.137. The maximum absolute atomic E-state index is 9.93. The van der Waals surface area contributed by atoms with Crippen LogP contribution in [0, 0.1) is 0 Å². The Bertz CT molecular complexity index is 114. The third kappa shape index (κ3) is 6.94. The minimum Gasteiger partial charge on any atom is -0.481 e. The van der Waals surface area contributed by atoms with Gasteiger partial charge in [0.2, 0.25) is 0 Å². The predicted molar refractivity (Wildman–Crippen MR) is 35.2 cm³/mol. The van der Waals surface area contributed by atoms with Crippen molar-refractivity contribution < 1.29 is 14.7 Å². The summed E-state index contributed by atoms with van der Waals surface area (Å²) in [5.74, 6) is -0.796. The molecule has 0 heterocycles. The van der Waals surface area contributed by atoms with E-state index in [1.807, 2.05) is 0 Å². The van der Waals surface area contributed by atoms with Crippen LogP contribution in [-0.2, 0) is 9.59 Å². The van der Waals surface area contributed by atoms with Crippen molar-refractivity contribution in [3.05, 3.63) is 0 Å². The Balaban J connectivity index is 2.90. The molecule has 0 aliphatic rings. The van der Waals surface area contributed by atoms with E-state index in [-0.39, 0.29) is 6.42 Å². The van der Waals surface area contributed by atoms with Crippen molar-refractivity contribution in [2.75, 3.05) is 6.54 Å². The van der Waals surface area contributed by atoms with Crippen LogP contribution in [0.25, 0.3) is 0 Å². The van der Waals surface area contributed by atoms with Gasteiger partial charge in [0.05, 0.1) is 0 Å². The summed E-state index contributed by atoms with van der Waals surface area (Å²) >= 11 is 0. The van der Waals surface area contributed by atoms with Gasteiger partial charge in [-0.2, -0.15) is 0 Å². The molecule has 0 saturated heterocycles. The first-order valence-corrected chi connectivity index (χ1v) is 3.09. The Hall–Kier alpha value is -1.06. The summed E-state index contributed by atoms with van der Waals surface area (Å²) in [7, 11) is 0. The van der Waals surface area contributed by atoms with Crippen LogP contribution in [0.4, 0.5) is 0 Å². The van der Waals surface area contributed by atoms with Gasteiger partial charge in [-0.3, -0.25) is 9.59 Å². The molecule has 0 aromatic heterocycles. The monoisotopic (exact) mass is 144 g/mol. The molecule has 1 amide bonds. The molecule has 0 aromatic carbocycles. The number of unbranched alkanes of at least 4 members (excludes halogenated alkanes) is 1. The molecule has 0 spiro atoms. The number of carbonyl (C=O) groups excluding carboxylic acids is 1. The topological polar surface area (TPSA) is 66.4 Å². The molecule has 0 atom stereocenters. The lowest BCUT2D eigenvalue weighted by Gasteiger charge is -1.94. The zero-order chi connectivity index (χ0) is 7.82. The number of hydrogen-bond acceptors (Lipinski definition) is 2. The van der Waals surface area contributed by atoms with E-state index in [0.29, 0.717) is 19.4 Å². The molecule has 0 aliphatic heterocycles. The van der Waals surface area contributed by atoms with Crippen molar-refractivity contribution in [2.24, 2.45) is 0 Å². The highest BCUT2D eigenvalue weighted by molar-refractivity contribution is 5.66. The molecule has 57 valence electrons. The first kappa shape index (κ1) is 8.94. The second-order valence-corrected chi connectivity index (χ2v) is 1.88. The molecule has 10 heavy (non-hydrogen) atoms. The van der Waals surface area contributed by atoms with Crippen molar-refractivity contribution in [3.8, 4) is 0 Å². The minimum absolute atomic E-state index is 0.167. The van der Waals surface area contributed by atoms with Gasteiger partial charge in [0.25, 0.3) is 0 Å². The average molecular weight is 144 g/mol. The van der Waals surface area contributed by atoms with Crippen molar-refractivity contribution >= 4 is 12.4 Å². The van der Waals surface area contributed by atoms with Gasteiger partial charge in [0, 0.05) is 13.0 Å². The first-order valence-electron chi connectivity index (χ1n) is 3.09. The van der Waals surface area contributed by atoms with Gasteiger partial charge < -0.3 is 10.4 Å². The summed E-state index contributed by atoms with van der Waals surface area (Å²) in [5.41, 5.74) is 0. The number of carboxylic acids is 1. The number of carbonyl (C=O) groups is 1. The van der Waals surface area contributed by atoms with Crippen LogP contribution in [-0.4, -0.2) is 24.0 Å². The Morgan fingerprint density at radius 3 is 2.70 bits per heavy atom. The number of nitrogens with one attached hydrogen (secondary N) is 1. The van der Waals surface area contributed by atoms with E-state index < -0.39 is 5.97 Å². The zero-order valence-corrected chi connectivity index (χ0v) is 5.59. The molecule has 2 N–H and O–H groups in total. The van der Waals surface area contributed by atoms with Gasteiger partial charge in [0.1, 0.15) is 0 Å². The van der Waals surface area contributed by atoms with Gasteiger partial charge in [0.15, 0.2) is 0 Å². The summed E-state index contributed by atoms with van der Waals surface area (Å²) in [4.78, 5) is 19.5. The van der Waals surface area contributed by atoms with E-state index in [9.17, 15) is 9.59 Å². The second kappa shape index (κ2) is 6.07. The van der Waals surface area contributed by atoms with Crippen LogP contribution >= 0.6 is 0 Å². The summed E-state index contributed by atoms with van der Waals surface area (Å²) in [6.07, 6.45) is 2.97. The smallest absolute Gasteiger partial charge is 0.309 e. The molecule has 0 rings (SSSR count). The maximum Gasteiger partial charge on any atom is 0.309 e. The third-order valence-electron chi connectivity index (χ3n) is 1.01. The van der Waals surface area contributed by atoms with Crippen molar-refractivity contribution in [1.82, 2.24) is 5.32 Å². The van der Waals surface area contributed by atoms with Gasteiger partial charge in [-0.15, -0.1) is 0 Å². The second-order valence-electron chi connectivity index (χ2n) is 1.88. The zero-order valence-electron chi connectivity index (χ0n) is 5.59. The van der Waals surface area contributed by atoms with Gasteiger partial charge in [-0.25, -0.2) is 0 Å². The highest BCUT2D eigenvalue weighted by Crippen LogP contribution is 1.92. The van der Waals surface area contributed by atoms with Crippen molar-refractivity contribution in [1.29, 1.82) is 0 Å².